The van der Waals surface area contributed by atoms with E-state index in [0.717, 1.165) is 37.0 Å². The van der Waals surface area contributed by atoms with Gasteiger partial charge in [0.1, 0.15) is 0 Å². The molecule has 2 aromatic heterocycles. The van der Waals surface area contributed by atoms with Crippen LogP contribution in [0.5, 0.6) is 0 Å². The summed E-state index contributed by atoms with van der Waals surface area (Å²) in [4.78, 5) is 11.6. The summed E-state index contributed by atoms with van der Waals surface area (Å²) in [5, 5.41) is 4.38. The molecule has 0 radical (unpaired) electrons. The van der Waals surface area contributed by atoms with Crippen LogP contribution in [0.2, 0.25) is 0 Å². The van der Waals surface area contributed by atoms with E-state index in [-0.39, 0.29) is 12.1 Å². The van der Waals surface area contributed by atoms with Crippen LogP contribution in [0, 0.1) is 13.8 Å². The van der Waals surface area contributed by atoms with Gasteiger partial charge in [-0.05, 0) is 102 Å². The predicted molar refractivity (Wildman–Crippen MR) is 150 cm³/mol. The zero-order valence-electron chi connectivity index (χ0n) is 21.8. The fraction of sp³-hybridized carbons (Fsp3) is 0.429. The lowest BCUT2D eigenvalue weighted by Crippen LogP contribution is -2.35. The maximum atomic E-state index is 5.84. The average Bonchev–Trinajstić information content (AvgIpc) is 3.34. The number of likely N-dealkylation sites (N-methyl/N-ethyl adjacent to an activating group) is 1. The van der Waals surface area contributed by atoms with Crippen molar-refractivity contribution in [1.82, 2.24) is 24.7 Å². The molecular formula is C28H38N6S. The first-order valence-corrected chi connectivity index (χ1v) is 12.9. The molecule has 186 valence electrons. The number of anilines is 1. The minimum Gasteiger partial charge on any atom is -0.372 e. The van der Waals surface area contributed by atoms with E-state index < -0.39 is 0 Å². The number of benzene rings is 1. The molecule has 1 saturated heterocycles. The number of aromatic nitrogens is 2. The van der Waals surface area contributed by atoms with Gasteiger partial charge in [-0.3, -0.25) is 4.98 Å². The first-order valence-electron chi connectivity index (χ1n) is 12.5. The van der Waals surface area contributed by atoms with Crippen LogP contribution >= 0.6 is 12.2 Å². The van der Waals surface area contributed by atoms with Crippen molar-refractivity contribution in [3.8, 4) is 5.69 Å². The molecule has 1 N–H and O–H groups in total. The first-order chi connectivity index (χ1) is 16.8. The minimum absolute atomic E-state index is 0.00450. The Morgan fingerprint density at radius 3 is 2.34 bits per heavy atom. The lowest BCUT2D eigenvalue weighted by atomic mass is 9.96. The van der Waals surface area contributed by atoms with Crippen LogP contribution in [0.1, 0.15) is 48.6 Å². The molecule has 1 aliphatic heterocycles. The van der Waals surface area contributed by atoms with Gasteiger partial charge in [0.2, 0.25) is 0 Å². The molecule has 2 atom stereocenters. The highest BCUT2D eigenvalue weighted by atomic mass is 32.1. The van der Waals surface area contributed by atoms with Crippen molar-refractivity contribution < 1.29 is 0 Å². The van der Waals surface area contributed by atoms with Crippen molar-refractivity contribution in [2.45, 2.75) is 39.8 Å². The van der Waals surface area contributed by atoms with E-state index in [9.17, 15) is 0 Å². The van der Waals surface area contributed by atoms with Gasteiger partial charge in [0.05, 0.1) is 17.8 Å². The minimum atomic E-state index is 0.00450. The maximum Gasteiger partial charge on any atom is 0.170 e. The molecule has 1 aliphatic rings. The van der Waals surface area contributed by atoms with Crippen molar-refractivity contribution in [2.24, 2.45) is 0 Å². The van der Waals surface area contributed by atoms with Crippen molar-refractivity contribution in [1.29, 1.82) is 0 Å². The van der Waals surface area contributed by atoms with E-state index in [4.69, 9.17) is 12.2 Å². The van der Waals surface area contributed by atoms with E-state index in [1.807, 2.05) is 18.3 Å². The molecule has 35 heavy (non-hydrogen) atoms. The Kier molecular flexibility index (Phi) is 7.77. The Balaban J connectivity index is 1.75. The van der Waals surface area contributed by atoms with Crippen molar-refractivity contribution in [2.75, 3.05) is 45.2 Å². The molecule has 0 saturated carbocycles. The number of rotatable bonds is 9. The molecule has 0 bridgehead atoms. The van der Waals surface area contributed by atoms with Crippen LogP contribution in [0.25, 0.3) is 5.69 Å². The fourth-order valence-electron chi connectivity index (χ4n) is 5.18. The standard InChI is InChI=1S/C28H38N6S/c1-7-32(8-2)22-12-14-23(15-13-22)34-20(3)19-24(21(34)4)27-26(25-11-9-10-16-29-25)30-28(35)33(27)18-17-31(5)6/h9-16,19,26-27H,7-8,17-18H2,1-6H3,(H,30,35)/t26-,27-/m1/s1. The number of thiocarbonyl (C=S) groups is 1. The van der Waals surface area contributed by atoms with Crippen LogP contribution in [0.15, 0.2) is 54.7 Å². The molecule has 0 spiro atoms. The second-order valence-corrected chi connectivity index (χ2v) is 9.86. The topological polar surface area (TPSA) is 39.6 Å². The van der Waals surface area contributed by atoms with Crippen LogP contribution < -0.4 is 10.2 Å². The zero-order chi connectivity index (χ0) is 25.1. The van der Waals surface area contributed by atoms with Gasteiger partial charge < -0.3 is 24.6 Å². The summed E-state index contributed by atoms with van der Waals surface area (Å²) in [5.41, 5.74) is 7.21. The Morgan fingerprint density at radius 2 is 1.74 bits per heavy atom. The Morgan fingerprint density at radius 1 is 1.03 bits per heavy atom. The highest BCUT2D eigenvalue weighted by molar-refractivity contribution is 7.80. The van der Waals surface area contributed by atoms with Gasteiger partial charge in [0, 0.05) is 55.1 Å². The summed E-state index contributed by atoms with van der Waals surface area (Å²) >= 11 is 5.84. The molecule has 3 aromatic rings. The van der Waals surface area contributed by atoms with E-state index in [2.05, 4.69) is 108 Å². The molecule has 0 aliphatic carbocycles. The average molecular weight is 491 g/mol. The van der Waals surface area contributed by atoms with E-state index >= 15 is 0 Å². The Bertz CT molecular complexity index is 1130. The maximum absolute atomic E-state index is 5.84. The molecule has 3 heterocycles. The van der Waals surface area contributed by atoms with Gasteiger partial charge in [0.25, 0.3) is 0 Å². The molecular weight excluding hydrogens is 452 g/mol. The van der Waals surface area contributed by atoms with Gasteiger partial charge in [-0.15, -0.1) is 0 Å². The Hall–Kier alpha value is -2.90. The predicted octanol–water partition coefficient (Wildman–Crippen LogP) is 4.87. The fourth-order valence-corrected chi connectivity index (χ4v) is 5.51. The number of hydrogen-bond acceptors (Lipinski definition) is 4. The zero-order valence-corrected chi connectivity index (χ0v) is 22.6. The smallest absolute Gasteiger partial charge is 0.170 e. The SMILES string of the molecule is CCN(CC)c1ccc(-n2c(C)cc([C@@H]3[C@@H](c4ccccn4)NC(=S)N3CCN(C)C)c2C)cc1. The third-order valence-electron chi connectivity index (χ3n) is 7.01. The first kappa shape index (κ1) is 25.2. The van der Waals surface area contributed by atoms with Crippen LogP contribution in [0.3, 0.4) is 0 Å². The molecule has 4 rings (SSSR count). The summed E-state index contributed by atoms with van der Waals surface area (Å²) in [6, 6.07) is 17.4. The second-order valence-electron chi connectivity index (χ2n) is 9.47. The number of hydrogen-bond donors (Lipinski definition) is 1. The quantitative estimate of drug-likeness (QED) is 0.432. The van der Waals surface area contributed by atoms with Crippen molar-refractivity contribution in [3.05, 3.63) is 77.4 Å². The molecule has 1 fully saturated rings. The molecule has 1 aromatic carbocycles. The van der Waals surface area contributed by atoms with Gasteiger partial charge >= 0.3 is 0 Å². The number of nitrogens with one attached hydrogen (secondary N) is 1. The number of aryl methyl sites for hydroxylation is 1. The normalized spacial score (nSPS) is 17.8. The monoisotopic (exact) mass is 490 g/mol. The summed E-state index contributed by atoms with van der Waals surface area (Å²) in [5.74, 6) is 0. The van der Waals surface area contributed by atoms with E-state index in [0.29, 0.717) is 0 Å². The number of nitrogens with zero attached hydrogens (tertiary/aromatic N) is 5. The highest BCUT2D eigenvalue weighted by Gasteiger charge is 2.41. The van der Waals surface area contributed by atoms with Gasteiger partial charge in [0.15, 0.2) is 5.11 Å². The molecule has 0 unspecified atom stereocenters. The lowest BCUT2D eigenvalue weighted by Gasteiger charge is -2.29. The molecule has 6 nitrogen and oxygen atoms in total. The third-order valence-corrected chi connectivity index (χ3v) is 7.36. The van der Waals surface area contributed by atoms with Crippen molar-refractivity contribution >= 4 is 23.0 Å². The lowest BCUT2D eigenvalue weighted by molar-refractivity contribution is 0.277. The van der Waals surface area contributed by atoms with E-state index in [1.54, 1.807) is 0 Å². The molecule has 0 amide bonds. The summed E-state index contributed by atoms with van der Waals surface area (Å²) in [7, 11) is 4.21. The summed E-state index contributed by atoms with van der Waals surface area (Å²) < 4.78 is 2.36. The summed E-state index contributed by atoms with van der Waals surface area (Å²) in [6.45, 7) is 12.6. The van der Waals surface area contributed by atoms with Gasteiger partial charge in [-0.1, -0.05) is 6.07 Å². The van der Waals surface area contributed by atoms with Gasteiger partial charge in [-0.25, -0.2) is 0 Å². The number of pyridine rings is 1. The molecule has 7 heteroatoms. The highest BCUT2D eigenvalue weighted by Crippen LogP contribution is 2.41. The van der Waals surface area contributed by atoms with E-state index in [1.165, 1.54) is 28.3 Å². The van der Waals surface area contributed by atoms with Crippen LogP contribution in [-0.2, 0) is 0 Å². The summed E-state index contributed by atoms with van der Waals surface area (Å²) in [6.07, 6.45) is 1.86. The third kappa shape index (κ3) is 5.07. The van der Waals surface area contributed by atoms with Crippen LogP contribution in [-0.4, -0.2) is 64.7 Å². The van der Waals surface area contributed by atoms with Crippen LogP contribution in [0.4, 0.5) is 5.69 Å². The second kappa shape index (κ2) is 10.8. The Labute approximate surface area is 215 Å². The van der Waals surface area contributed by atoms with Gasteiger partial charge in [-0.2, -0.15) is 0 Å². The largest absolute Gasteiger partial charge is 0.372 e. The van der Waals surface area contributed by atoms with Crippen molar-refractivity contribution in [3.63, 3.8) is 0 Å².